The van der Waals surface area contributed by atoms with E-state index in [4.69, 9.17) is 0 Å². The van der Waals surface area contributed by atoms with Crippen molar-refractivity contribution in [1.82, 2.24) is 0 Å². The van der Waals surface area contributed by atoms with Crippen LogP contribution in [0.4, 0.5) is 39.8 Å². The molecule has 3 aliphatic carbocycles. The molecule has 10 aromatic rings. The van der Waals surface area contributed by atoms with Gasteiger partial charge in [-0.25, -0.2) is 0 Å². The fourth-order valence-corrected chi connectivity index (χ4v) is 17.4. The molecule has 1 saturated carbocycles. The van der Waals surface area contributed by atoms with Crippen LogP contribution in [0.25, 0.3) is 55.6 Å². The lowest BCUT2D eigenvalue weighted by molar-refractivity contribution is 0.199. The number of hydrogen-bond acceptors (Lipinski definition) is 3. The molecule has 0 saturated heterocycles. The SMILES string of the molecule is CC(C)(C)c1ccc(N2c3cc(N(c4cccc(-c5ccccc5)c4)c4cccc(-c5ccccc5)c4)cc4c3B(c3c2ccc2c3Cc3cc5c(cc3-2)C(C)(C)CCC5(C)C)N2c3c-4cc(C(C)(C)C)cc3C3(C)CCCCC23C)c(-c2ccccc2)c1. The Morgan fingerprint density at radius 3 is 1.57 bits per heavy atom. The van der Waals surface area contributed by atoms with E-state index >= 15 is 0 Å². The zero-order chi connectivity index (χ0) is 61.3. The molecule has 3 nitrogen and oxygen atoms in total. The van der Waals surface area contributed by atoms with Gasteiger partial charge in [-0.3, -0.25) is 0 Å². The van der Waals surface area contributed by atoms with Crippen molar-refractivity contribution in [3.05, 3.63) is 245 Å². The van der Waals surface area contributed by atoms with E-state index in [0.717, 1.165) is 29.9 Å². The van der Waals surface area contributed by atoms with Gasteiger partial charge < -0.3 is 14.6 Å². The van der Waals surface area contributed by atoms with Crippen LogP contribution in [-0.2, 0) is 33.5 Å². The van der Waals surface area contributed by atoms with Gasteiger partial charge in [-0.2, -0.15) is 0 Å². The second-order valence-electron chi connectivity index (χ2n) is 31.1. The van der Waals surface area contributed by atoms with Gasteiger partial charge in [0.2, 0.25) is 0 Å². The van der Waals surface area contributed by atoms with Gasteiger partial charge in [0.25, 0.3) is 0 Å². The maximum absolute atomic E-state index is 3.08. The molecule has 442 valence electrons. The van der Waals surface area contributed by atoms with Gasteiger partial charge in [0.15, 0.2) is 0 Å². The topological polar surface area (TPSA) is 9.72 Å². The highest BCUT2D eigenvalue weighted by atomic mass is 15.2. The Labute approximate surface area is 530 Å². The third-order valence-corrected chi connectivity index (χ3v) is 22.8. The minimum atomic E-state index is -0.163. The zero-order valence-corrected chi connectivity index (χ0v) is 54.5. The Morgan fingerprint density at radius 1 is 0.393 bits per heavy atom. The summed E-state index contributed by atoms with van der Waals surface area (Å²) in [6.07, 6.45) is 8.06. The van der Waals surface area contributed by atoms with Crippen molar-refractivity contribution in [3.63, 3.8) is 0 Å². The van der Waals surface area contributed by atoms with E-state index in [9.17, 15) is 0 Å². The highest BCUT2D eigenvalue weighted by Crippen LogP contribution is 2.65. The molecule has 0 bridgehead atoms. The maximum atomic E-state index is 3.08. The summed E-state index contributed by atoms with van der Waals surface area (Å²) in [5, 5.41) is 0. The van der Waals surface area contributed by atoms with Crippen LogP contribution >= 0.6 is 0 Å². The van der Waals surface area contributed by atoms with E-state index < -0.39 is 0 Å². The van der Waals surface area contributed by atoms with Gasteiger partial charge in [0, 0.05) is 56.2 Å². The molecule has 2 unspecified atom stereocenters. The van der Waals surface area contributed by atoms with Crippen LogP contribution in [0.3, 0.4) is 0 Å². The smallest absolute Gasteiger partial charge is 0.329 e. The van der Waals surface area contributed by atoms with E-state index in [0.29, 0.717) is 0 Å². The zero-order valence-electron chi connectivity index (χ0n) is 54.5. The number of rotatable bonds is 7. The van der Waals surface area contributed by atoms with Gasteiger partial charge in [-0.15, -0.1) is 0 Å². The Morgan fingerprint density at radius 2 is 0.955 bits per heavy atom. The summed E-state index contributed by atoms with van der Waals surface area (Å²) >= 11 is 0. The molecular weight excluding hydrogens is 1070 g/mol. The van der Waals surface area contributed by atoms with Crippen molar-refractivity contribution in [3.8, 4) is 55.6 Å². The molecule has 10 aromatic carbocycles. The molecule has 16 rings (SSSR count). The quantitative estimate of drug-likeness (QED) is 0.147. The Bertz CT molecular complexity index is 4460. The molecule has 4 heteroatoms. The molecule has 0 spiro atoms. The first kappa shape index (κ1) is 55.9. The predicted molar refractivity (Wildman–Crippen MR) is 380 cm³/mol. The first-order chi connectivity index (χ1) is 42.6. The van der Waals surface area contributed by atoms with Crippen LogP contribution in [0.15, 0.2) is 206 Å². The molecule has 3 heterocycles. The number of benzene rings is 10. The van der Waals surface area contributed by atoms with Crippen molar-refractivity contribution in [2.45, 2.75) is 161 Å². The summed E-state index contributed by atoms with van der Waals surface area (Å²) in [6.45, 7) is 29.7. The molecule has 0 aromatic heterocycles. The van der Waals surface area contributed by atoms with Crippen LogP contribution in [0, 0.1) is 0 Å². The Hall–Kier alpha value is -8.34. The highest BCUT2D eigenvalue weighted by Gasteiger charge is 2.64. The molecular formula is C85H84BN3. The summed E-state index contributed by atoms with van der Waals surface area (Å²) < 4.78 is 0. The largest absolute Gasteiger partial charge is 0.400 e. The third kappa shape index (κ3) is 8.44. The summed E-state index contributed by atoms with van der Waals surface area (Å²) in [5.74, 6) is 0. The minimum absolute atomic E-state index is 0.0611. The number of hydrogen-bond donors (Lipinski definition) is 0. The van der Waals surface area contributed by atoms with Crippen LogP contribution in [0.1, 0.15) is 161 Å². The van der Waals surface area contributed by atoms with E-state index in [2.05, 4.69) is 304 Å². The normalized spacial score (nSPS) is 19.6. The van der Waals surface area contributed by atoms with Crippen LogP contribution in [0.5, 0.6) is 0 Å². The maximum Gasteiger partial charge on any atom is 0.329 e. The highest BCUT2D eigenvalue weighted by molar-refractivity contribution is 6.93. The van der Waals surface area contributed by atoms with E-state index in [1.807, 2.05) is 0 Å². The Balaban J connectivity index is 1.05. The van der Waals surface area contributed by atoms with Gasteiger partial charge in [0.1, 0.15) is 0 Å². The second kappa shape index (κ2) is 19.6. The van der Waals surface area contributed by atoms with Crippen molar-refractivity contribution in [2.75, 3.05) is 14.6 Å². The summed E-state index contributed by atoms with van der Waals surface area (Å²) in [7, 11) is 0. The molecule has 1 fully saturated rings. The molecule has 89 heavy (non-hydrogen) atoms. The van der Waals surface area contributed by atoms with Gasteiger partial charge in [0.05, 0.1) is 5.69 Å². The van der Waals surface area contributed by atoms with Gasteiger partial charge in [-0.1, -0.05) is 235 Å². The molecule has 0 radical (unpaired) electrons. The summed E-state index contributed by atoms with van der Waals surface area (Å²) in [6, 6.07) is 80.1. The monoisotopic (exact) mass is 1160 g/mol. The first-order valence-corrected chi connectivity index (χ1v) is 33.2. The lowest BCUT2D eigenvalue weighted by atomic mass is 9.41. The molecule has 6 aliphatic rings. The average Bonchev–Trinajstić information content (AvgIpc) is 1.54. The lowest BCUT2D eigenvalue weighted by Gasteiger charge is -2.55. The fraction of sp³-hybridized carbons (Fsp3) is 0.294. The Kier molecular flexibility index (Phi) is 12.3. The summed E-state index contributed by atoms with van der Waals surface area (Å²) in [5.41, 5.74) is 34.4. The van der Waals surface area contributed by atoms with E-state index in [1.165, 1.54) is 149 Å². The second-order valence-corrected chi connectivity index (χ2v) is 31.1. The molecule has 2 atom stereocenters. The first-order valence-electron chi connectivity index (χ1n) is 33.2. The number of nitrogens with zero attached hydrogens (tertiary/aromatic N) is 3. The predicted octanol–water partition coefficient (Wildman–Crippen LogP) is 21.7. The molecule has 0 amide bonds. The van der Waals surface area contributed by atoms with E-state index in [1.54, 1.807) is 11.1 Å². The van der Waals surface area contributed by atoms with Gasteiger partial charge >= 0.3 is 6.85 Å². The van der Waals surface area contributed by atoms with Crippen LogP contribution in [-0.4, -0.2) is 12.4 Å². The van der Waals surface area contributed by atoms with Gasteiger partial charge in [-0.05, 0) is 216 Å². The van der Waals surface area contributed by atoms with E-state index in [-0.39, 0.29) is 39.5 Å². The third-order valence-electron chi connectivity index (χ3n) is 22.8. The summed E-state index contributed by atoms with van der Waals surface area (Å²) in [4.78, 5) is 8.42. The average molecular weight is 1160 g/mol. The molecule has 3 aliphatic heterocycles. The fourth-order valence-electron chi connectivity index (χ4n) is 17.4. The van der Waals surface area contributed by atoms with Crippen molar-refractivity contribution >= 4 is 57.6 Å². The van der Waals surface area contributed by atoms with Crippen LogP contribution < -0.4 is 25.5 Å². The van der Waals surface area contributed by atoms with Crippen molar-refractivity contribution in [1.29, 1.82) is 0 Å². The lowest BCUT2D eigenvalue weighted by Crippen LogP contribution is -2.71. The van der Waals surface area contributed by atoms with Crippen LogP contribution in [0.2, 0.25) is 0 Å². The standard InChI is InChI=1S/C85H84BN3/c1-80(2,3)60-36-38-74(67(48-60)56-30-20-15-21-31-56)88-75-39-37-65-66-53-72-71(82(7,8)42-43-83(72,9)10)47-59(66)46-68(65)77(75)86-78-69(70-49-61(81(4,5)6)50-73-79(70)89(86)85(12)41-23-22-40-84(73,85)11)51-64(52-76(78)88)87(62-34-24-32-57(44-62)54-26-16-13-17-27-54)63-35-25-33-58(45-63)55-28-18-14-19-29-55/h13-21,24-39,44-45,47-53H,22-23,40-43,46H2,1-12H3. The van der Waals surface area contributed by atoms with Crippen molar-refractivity contribution < 1.29 is 0 Å². The van der Waals surface area contributed by atoms with Crippen molar-refractivity contribution in [2.24, 2.45) is 0 Å². The number of fused-ring (bicyclic) bond motifs is 12. The number of anilines is 7. The minimum Gasteiger partial charge on any atom is -0.400 e. The molecule has 0 N–H and O–H groups in total.